The van der Waals surface area contributed by atoms with Crippen molar-refractivity contribution in [3.8, 4) is 11.3 Å². The minimum Gasteiger partial charge on any atom is -0.293 e. The summed E-state index contributed by atoms with van der Waals surface area (Å²) in [5.41, 5.74) is 2.62. The summed E-state index contributed by atoms with van der Waals surface area (Å²) in [4.78, 5) is 20.7. The number of nitrogens with zero attached hydrogens (tertiary/aromatic N) is 4. The molecule has 1 aliphatic carbocycles. The van der Waals surface area contributed by atoms with E-state index in [-0.39, 0.29) is 28.4 Å². The van der Waals surface area contributed by atoms with Crippen LogP contribution in [-0.4, -0.2) is 33.9 Å². The molecule has 0 unspecified atom stereocenters. The number of aromatic nitrogens is 4. The number of pyridine rings is 2. The molecular formula is C22H19N5O3S. The Morgan fingerprint density at radius 1 is 1.03 bits per heavy atom. The van der Waals surface area contributed by atoms with Crippen molar-refractivity contribution < 1.29 is 13.2 Å². The van der Waals surface area contributed by atoms with E-state index in [1.165, 1.54) is 0 Å². The molecule has 156 valence electrons. The van der Waals surface area contributed by atoms with Gasteiger partial charge >= 0.3 is 0 Å². The molecule has 1 amide bonds. The molecule has 1 aliphatic rings. The van der Waals surface area contributed by atoms with Gasteiger partial charge in [-0.2, -0.15) is 4.98 Å². The van der Waals surface area contributed by atoms with Crippen LogP contribution in [0.25, 0.3) is 16.9 Å². The molecule has 3 heterocycles. The lowest BCUT2D eigenvalue weighted by Crippen LogP contribution is -2.14. The van der Waals surface area contributed by atoms with Crippen LogP contribution in [0.5, 0.6) is 0 Å². The standard InChI is InChI=1S/C22H19N5O3S/c28-21(16-7-8-16)25-22-24-20-6-3-5-19(27(20)26-22)15-9-11-18(12-10-15)31(29,30)14-17-4-1-2-13-23-17/h1-6,9-13,16H,7-8,14H2,(H,25,26,28). The summed E-state index contributed by atoms with van der Waals surface area (Å²) in [6.45, 7) is 0. The predicted octanol–water partition coefficient (Wildman–Crippen LogP) is 3.11. The summed E-state index contributed by atoms with van der Waals surface area (Å²) in [6.07, 6.45) is 3.38. The van der Waals surface area contributed by atoms with Gasteiger partial charge in [0.25, 0.3) is 0 Å². The van der Waals surface area contributed by atoms with Crippen LogP contribution in [0.15, 0.2) is 71.8 Å². The monoisotopic (exact) mass is 433 g/mol. The van der Waals surface area contributed by atoms with Gasteiger partial charge in [-0.15, -0.1) is 5.10 Å². The second kappa shape index (κ2) is 7.59. The fourth-order valence-electron chi connectivity index (χ4n) is 3.33. The first-order chi connectivity index (χ1) is 15.0. The maximum Gasteiger partial charge on any atom is 0.249 e. The molecule has 31 heavy (non-hydrogen) atoms. The lowest BCUT2D eigenvalue weighted by Gasteiger charge is -2.07. The Bertz CT molecular complexity index is 1360. The third kappa shape index (κ3) is 4.04. The largest absolute Gasteiger partial charge is 0.293 e. The van der Waals surface area contributed by atoms with Gasteiger partial charge in [0, 0.05) is 17.7 Å². The maximum absolute atomic E-state index is 12.7. The van der Waals surface area contributed by atoms with Gasteiger partial charge in [0.2, 0.25) is 11.9 Å². The average molecular weight is 433 g/mol. The van der Waals surface area contributed by atoms with Gasteiger partial charge in [0.05, 0.1) is 22.0 Å². The van der Waals surface area contributed by atoms with Crippen LogP contribution in [0.2, 0.25) is 0 Å². The lowest BCUT2D eigenvalue weighted by atomic mass is 10.1. The normalized spacial score (nSPS) is 13.9. The first-order valence-corrected chi connectivity index (χ1v) is 11.5. The molecule has 1 aromatic carbocycles. The number of carbonyl (C=O) groups is 1. The number of carbonyl (C=O) groups excluding carboxylic acids is 1. The number of anilines is 1. The third-order valence-electron chi connectivity index (χ3n) is 5.12. The van der Waals surface area contributed by atoms with E-state index >= 15 is 0 Å². The van der Waals surface area contributed by atoms with Crippen LogP contribution in [0.4, 0.5) is 5.95 Å². The number of sulfone groups is 1. The highest BCUT2D eigenvalue weighted by molar-refractivity contribution is 7.90. The number of amides is 1. The van der Waals surface area contributed by atoms with E-state index in [0.29, 0.717) is 11.3 Å². The van der Waals surface area contributed by atoms with Crippen LogP contribution in [0.1, 0.15) is 18.5 Å². The lowest BCUT2D eigenvalue weighted by molar-refractivity contribution is -0.117. The number of benzene rings is 1. The van der Waals surface area contributed by atoms with E-state index in [4.69, 9.17) is 0 Å². The Balaban J connectivity index is 1.42. The van der Waals surface area contributed by atoms with Crippen molar-refractivity contribution in [1.29, 1.82) is 0 Å². The van der Waals surface area contributed by atoms with E-state index in [2.05, 4.69) is 20.4 Å². The average Bonchev–Trinajstić information content (AvgIpc) is 3.54. The van der Waals surface area contributed by atoms with E-state index in [1.54, 1.807) is 59.2 Å². The highest BCUT2D eigenvalue weighted by Gasteiger charge is 2.30. The summed E-state index contributed by atoms with van der Waals surface area (Å²) in [6, 6.07) is 17.4. The summed E-state index contributed by atoms with van der Waals surface area (Å²) >= 11 is 0. The number of hydrogen-bond donors (Lipinski definition) is 1. The topological polar surface area (TPSA) is 106 Å². The zero-order chi connectivity index (χ0) is 21.4. The Labute approximate surface area is 178 Å². The summed E-state index contributed by atoms with van der Waals surface area (Å²) in [5, 5.41) is 7.17. The fourth-order valence-corrected chi connectivity index (χ4v) is 4.61. The van der Waals surface area contributed by atoms with Crippen molar-refractivity contribution in [3.05, 3.63) is 72.6 Å². The first kappa shape index (κ1) is 19.4. The van der Waals surface area contributed by atoms with Crippen LogP contribution in [0, 0.1) is 5.92 Å². The molecule has 4 aromatic rings. The molecule has 5 rings (SSSR count). The maximum atomic E-state index is 12.7. The number of rotatable bonds is 6. The minimum atomic E-state index is -3.51. The van der Waals surface area contributed by atoms with Gasteiger partial charge in [0.1, 0.15) is 0 Å². The Kier molecular flexibility index (Phi) is 4.74. The molecule has 1 fully saturated rings. The Hall–Kier alpha value is -3.59. The SMILES string of the molecule is O=C(Nc1nc2cccc(-c3ccc(S(=O)(=O)Cc4ccccn4)cc3)n2n1)C1CC1. The third-order valence-corrected chi connectivity index (χ3v) is 6.78. The van der Waals surface area contributed by atoms with Gasteiger partial charge in [-0.1, -0.05) is 24.3 Å². The molecule has 0 radical (unpaired) electrons. The van der Waals surface area contributed by atoms with E-state index in [9.17, 15) is 13.2 Å². The zero-order valence-corrected chi connectivity index (χ0v) is 17.3. The molecule has 0 spiro atoms. The van der Waals surface area contributed by atoms with Gasteiger partial charge in [0.15, 0.2) is 15.5 Å². The molecule has 0 bridgehead atoms. The summed E-state index contributed by atoms with van der Waals surface area (Å²) in [7, 11) is -3.51. The van der Waals surface area contributed by atoms with Crippen LogP contribution >= 0.6 is 0 Å². The number of fused-ring (bicyclic) bond motifs is 1. The first-order valence-electron chi connectivity index (χ1n) is 9.89. The second-order valence-electron chi connectivity index (χ2n) is 7.48. The predicted molar refractivity (Wildman–Crippen MR) is 115 cm³/mol. The Morgan fingerprint density at radius 2 is 1.84 bits per heavy atom. The zero-order valence-electron chi connectivity index (χ0n) is 16.5. The molecule has 0 saturated heterocycles. The summed E-state index contributed by atoms with van der Waals surface area (Å²) in [5.74, 6) is 0.112. The van der Waals surface area contributed by atoms with Crippen LogP contribution in [0.3, 0.4) is 0 Å². The molecule has 8 nitrogen and oxygen atoms in total. The molecule has 9 heteroatoms. The molecule has 1 saturated carbocycles. The molecular weight excluding hydrogens is 414 g/mol. The smallest absolute Gasteiger partial charge is 0.249 e. The van der Waals surface area contributed by atoms with Crippen molar-refractivity contribution in [2.75, 3.05) is 5.32 Å². The van der Waals surface area contributed by atoms with Gasteiger partial charge in [-0.25, -0.2) is 12.9 Å². The molecule has 0 atom stereocenters. The van der Waals surface area contributed by atoms with E-state index < -0.39 is 9.84 Å². The van der Waals surface area contributed by atoms with Gasteiger partial charge < -0.3 is 0 Å². The molecule has 3 aromatic heterocycles. The number of nitrogens with one attached hydrogen (secondary N) is 1. The van der Waals surface area contributed by atoms with Crippen molar-refractivity contribution in [2.24, 2.45) is 5.92 Å². The second-order valence-corrected chi connectivity index (χ2v) is 9.47. The van der Waals surface area contributed by atoms with Crippen LogP contribution < -0.4 is 5.32 Å². The fraction of sp³-hybridized carbons (Fsp3) is 0.182. The molecule has 1 N–H and O–H groups in total. The van der Waals surface area contributed by atoms with Crippen molar-refractivity contribution in [1.82, 2.24) is 19.6 Å². The Morgan fingerprint density at radius 3 is 2.55 bits per heavy atom. The highest BCUT2D eigenvalue weighted by Crippen LogP contribution is 2.30. The van der Waals surface area contributed by atoms with Crippen molar-refractivity contribution in [3.63, 3.8) is 0 Å². The highest BCUT2D eigenvalue weighted by atomic mass is 32.2. The quantitative estimate of drug-likeness (QED) is 0.501. The van der Waals surface area contributed by atoms with E-state index in [0.717, 1.165) is 24.1 Å². The van der Waals surface area contributed by atoms with Crippen molar-refractivity contribution in [2.45, 2.75) is 23.5 Å². The summed E-state index contributed by atoms with van der Waals surface area (Å²) < 4.78 is 27.1. The van der Waals surface area contributed by atoms with Gasteiger partial charge in [-0.05, 0) is 49.2 Å². The molecule has 0 aliphatic heterocycles. The van der Waals surface area contributed by atoms with Gasteiger partial charge in [-0.3, -0.25) is 15.1 Å². The van der Waals surface area contributed by atoms with Crippen LogP contribution in [-0.2, 0) is 20.4 Å². The number of hydrogen-bond acceptors (Lipinski definition) is 6. The van der Waals surface area contributed by atoms with Crippen molar-refractivity contribution >= 4 is 27.3 Å². The minimum absolute atomic E-state index is 0.0556. The van der Waals surface area contributed by atoms with E-state index in [1.807, 2.05) is 12.1 Å².